The number of hydrogen-bond donors (Lipinski definition) is 1. The molecule has 2 rings (SSSR count). The molecule has 21 heavy (non-hydrogen) atoms. The molecule has 112 valence electrons. The predicted molar refractivity (Wildman–Crippen MR) is 88.3 cm³/mol. The van der Waals surface area contributed by atoms with Gasteiger partial charge >= 0.3 is 0 Å². The van der Waals surface area contributed by atoms with Gasteiger partial charge in [-0.2, -0.15) is 0 Å². The van der Waals surface area contributed by atoms with Crippen molar-refractivity contribution in [3.8, 4) is 0 Å². The summed E-state index contributed by atoms with van der Waals surface area (Å²) in [4.78, 5) is 15.6. The van der Waals surface area contributed by atoms with Crippen LogP contribution in [0.4, 0.5) is 0 Å². The highest BCUT2D eigenvalue weighted by atomic mass is 32.1. The van der Waals surface area contributed by atoms with E-state index in [2.05, 4.69) is 28.6 Å². The predicted octanol–water partition coefficient (Wildman–Crippen LogP) is 3.45. The summed E-state index contributed by atoms with van der Waals surface area (Å²) in [5.74, 6) is 0.0739. The van der Waals surface area contributed by atoms with Crippen molar-refractivity contribution in [3.63, 3.8) is 0 Å². The van der Waals surface area contributed by atoms with Crippen LogP contribution in [0, 0.1) is 0 Å². The first-order chi connectivity index (χ1) is 10.2. The van der Waals surface area contributed by atoms with Gasteiger partial charge < -0.3 is 5.32 Å². The Balaban J connectivity index is 1.85. The summed E-state index contributed by atoms with van der Waals surface area (Å²) in [6.07, 6.45) is 0. The lowest BCUT2D eigenvalue weighted by molar-refractivity contribution is -0.123. The Morgan fingerprint density at radius 2 is 2.00 bits per heavy atom. The van der Waals surface area contributed by atoms with E-state index in [4.69, 9.17) is 0 Å². The average Bonchev–Trinajstić information content (AvgIpc) is 3.00. The zero-order valence-corrected chi connectivity index (χ0v) is 13.4. The summed E-state index contributed by atoms with van der Waals surface area (Å²) in [6, 6.07) is 14.2. The van der Waals surface area contributed by atoms with Crippen molar-refractivity contribution >= 4 is 17.2 Å². The molecular weight excluding hydrogens is 280 g/mol. The fourth-order valence-corrected chi connectivity index (χ4v) is 2.96. The molecule has 3 nitrogen and oxygen atoms in total. The quantitative estimate of drug-likeness (QED) is 0.849. The molecule has 1 heterocycles. The second kappa shape index (κ2) is 7.96. The van der Waals surface area contributed by atoms with Crippen LogP contribution in [0.15, 0.2) is 47.8 Å². The van der Waals surface area contributed by atoms with E-state index < -0.39 is 0 Å². The zero-order chi connectivity index (χ0) is 15.1. The van der Waals surface area contributed by atoms with Crippen LogP contribution >= 0.6 is 11.3 Å². The van der Waals surface area contributed by atoms with Crippen LogP contribution < -0.4 is 5.32 Å². The Hall–Kier alpha value is -1.65. The highest BCUT2D eigenvalue weighted by molar-refractivity contribution is 7.09. The standard InChI is InChI=1S/C17H22N2OS/c1-3-19(12-16-10-7-11-21-16)13-17(20)18-14(2)15-8-5-4-6-9-15/h4-11,14H,3,12-13H2,1-2H3,(H,18,20). The van der Waals surface area contributed by atoms with Crippen molar-refractivity contribution in [1.82, 2.24) is 10.2 Å². The normalized spacial score (nSPS) is 12.3. The molecule has 1 unspecified atom stereocenters. The lowest BCUT2D eigenvalue weighted by Crippen LogP contribution is -2.37. The van der Waals surface area contributed by atoms with Gasteiger partial charge in [-0.25, -0.2) is 0 Å². The van der Waals surface area contributed by atoms with E-state index in [1.807, 2.05) is 43.3 Å². The van der Waals surface area contributed by atoms with Gasteiger partial charge in [0.2, 0.25) is 5.91 Å². The van der Waals surface area contributed by atoms with Crippen molar-refractivity contribution in [2.45, 2.75) is 26.4 Å². The SMILES string of the molecule is CCN(CC(=O)NC(C)c1ccccc1)Cc1cccs1. The Morgan fingerprint density at radius 1 is 1.24 bits per heavy atom. The van der Waals surface area contributed by atoms with Crippen molar-refractivity contribution in [3.05, 3.63) is 58.3 Å². The van der Waals surface area contributed by atoms with Crippen LogP contribution in [0.25, 0.3) is 0 Å². The molecule has 0 radical (unpaired) electrons. The molecule has 1 aromatic heterocycles. The monoisotopic (exact) mass is 302 g/mol. The molecule has 1 atom stereocenters. The second-order valence-electron chi connectivity index (χ2n) is 5.08. The number of hydrogen-bond acceptors (Lipinski definition) is 3. The largest absolute Gasteiger partial charge is 0.348 e. The zero-order valence-electron chi connectivity index (χ0n) is 12.6. The van der Waals surface area contributed by atoms with Crippen molar-refractivity contribution in [2.24, 2.45) is 0 Å². The maximum atomic E-state index is 12.2. The molecule has 0 bridgehead atoms. The van der Waals surface area contributed by atoms with Gasteiger partial charge in [0.25, 0.3) is 0 Å². The minimum absolute atomic E-state index is 0.0409. The number of carbonyl (C=O) groups is 1. The number of likely N-dealkylation sites (N-methyl/N-ethyl adjacent to an activating group) is 1. The Bertz CT molecular complexity index is 539. The lowest BCUT2D eigenvalue weighted by atomic mass is 10.1. The molecule has 1 aromatic carbocycles. The van der Waals surface area contributed by atoms with E-state index in [0.29, 0.717) is 6.54 Å². The van der Waals surface area contributed by atoms with E-state index in [9.17, 15) is 4.79 Å². The number of nitrogens with zero attached hydrogens (tertiary/aromatic N) is 1. The van der Waals surface area contributed by atoms with E-state index in [1.165, 1.54) is 4.88 Å². The fourth-order valence-electron chi connectivity index (χ4n) is 2.22. The molecule has 0 aliphatic carbocycles. The molecule has 0 spiro atoms. The number of amides is 1. The molecule has 1 amide bonds. The first-order valence-corrected chi connectivity index (χ1v) is 8.16. The molecule has 4 heteroatoms. The third-order valence-corrected chi connectivity index (χ3v) is 4.31. The van der Waals surface area contributed by atoms with Gasteiger partial charge in [0.15, 0.2) is 0 Å². The van der Waals surface area contributed by atoms with Gasteiger partial charge in [0.05, 0.1) is 12.6 Å². The summed E-state index contributed by atoms with van der Waals surface area (Å²) in [6.45, 7) is 6.24. The number of benzene rings is 1. The Kier molecular flexibility index (Phi) is 5.96. The number of nitrogens with one attached hydrogen (secondary N) is 1. The van der Waals surface area contributed by atoms with E-state index in [1.54, 1.807) is 11.3 Å². The maximum Gasteiger partial charge on any atom is 0.234 e. The second-order valence-corrected chi connectivity index (χ2v) is 6.11. The van der Waals surface area contributed by atoms with Gasteiger partial charge in [-0.1, -0.05) is 43.3 Å². The molecule has 0 aliphatic rings. The molecule has 0 aliphatic heterocycles. The van der Waals surface area contributed by atoms with Gasteiger partial charge in [-0.3, -0.25) is 9.69 Å². The molecule has 0 fully saturated rings. The first kappa shape index (κ1) is 15.7. The van der Waals surface area contributed by atoms with Gasteiger partial charge in [-0.15, -0.1) is 11.3 Å². The van der Waals surface area contributed by atoms with Crippen molar-refractivity contribution < 1.29 is 4.79 Å². The van der Waals surface area contributed by atoms with Crippen LogP contribution in [-0.4, -0.2) is 23.9 Å². The molecule has 2 aromatic rings. The van der Waals surface area contributed by atoms with Crippen molar-refractivity contribution in [1.29, 1.82) is 0 Å². The summed E-state index contributed by atoms with van der Waals surface area (Å²) in [7, 11) is 0. The summed E-state index contributed by atoms with van der Waals surface area (Å²) < 4.78 is 0. The van der Waals surface area contributed by atoms with Crippen LogP contribution in [0.2, 0.25) is 0 Å². The lowest BCUT2D eigenvalue weighted by Gasteiger charge is -2.21. The van der Waals surface area contributed by atoms with Crippen LogP contribution in [0.5, 0.6) is 0 Å². The minimum atomic E-state index is 0.0409. The topological polar surface area (TPSA) is 32.3 Å². The van der Waals surface area contributed by atoms with E-state index in [0.717, 1.165) is 18.7 Å². The Morgan fingerprint density at radius 3 is 2.62 bits per heavy atom. The maximum absolute atomic E-state index is 12.2. The summed E-state index contributed by atoms with van der Waals surface area (Å²) >= 11 is 1.73. The third-order valence-electron chi connectivity index (χ3n) is 3.45. The number of rotatable bonds is 7. The number of carbonyl (C=O) groups excluding carboxylic acids is 1. The molecule has 1 N–H and O–H groups in total. The molecular formula is C17H22N2OS. The van der Waals surface area contributed by atoms with Crippen LogP contribution in [0.3, 0.4) is 0 Å². The fraction of sp³-hybridized carbons (Fsp3) is 0.353. The average molecular weight is 302 g/mol. The van der Waals surface area contributed by atoms with Crippen LogP contribution in [-0.2, 0) is 11.3 Å². The minimum Gasteiger partial charge on any atom is -0.348 e. The van der Waals surface area contributed by atoms with Gasteiger partial charge in [0.1, 0.15) is 0 Å². The molecule has 0 saturated carbocycles. The highest BCUT2D eigenvalue weighted by Gasteiger charge is 2.13. The first-order valence-electron chi connectivity index (χ1n) is 7.28. The summed E-state index contributed by atoms with van der Waals surface area (Å²) in [5, 5.41) is 5.13. The summed E-state index contributed by atoms with van der Waals surface area (Å²) in [5.41, 5.74) is 1.13. The number of thiophene rings is 1. The smallest absolute Gasteiger partial charge is 0.234 e. The molecule has 0 saturated heterocycles. The van der Waals surface area contributed by atoms with Crippen molar-refractivity contribution in [2.75, 3.05) is 13.1 Å². The Labute approximate surface area is 130 Å². The van der Waals surface area contributed by atoms with Gasteiger partial charge in [-0.05, 0) is 30.5 Å². The van der Waals surface area contributed by atoms with Crippen LogP contribution in [0.1, 0.15) is 30.3 Å². The third kappa shape index (κ3) is 4.99. The van der Waals surface area contributed by atoms with E-state index >= 15 is 0 Å². The van der Waals surface area contributed by atoms with E-state index in [-0.39, 0.29) is 11.9 Å². The highest BCUT2D eigenvalue weighted by Crippen LogP contribution is 2.13. The van der Waals surface area contributed by atoms with Gasteiger partial charge in [0, 0.05) is 11.4 Å².